The van der Waals surface area contributed by atoms with Gasteiger partial charge in [-0.3, -0.25) is 4.79 Å². The number of carbonyl (C=O) groups excluding carboxylic acids is 2. The number of methoxy groups -OCH3 is 1. The molecule has 1 heterocycles. The summed E-state index contributed by atoms with van der Waals surface area (Å²) in [6, 6.07) is 8.28. The molecular formula is C20H24N2O3. The molecule has 2 N–H and O–H groups in total. The molecule has 2 aromatic rings. The first-order valence-electron chi connectivity index (χ1n) is 8.57. The number of aryl methyl sites for hydroxylation is 2. The molecule has 25 heavy (non-hydrogen) atoms. The maximum absolute atomic E-state index is 12.8. The maximum atomic E-state index is 12.8. The third kappa shape index (κ3) is 3.45. The fourth-order valence-electron chi connectivity index (χ4n) is 3.28. The molecule has 0 aliphatic heterocycles. The van der Waals surface area contributed by atoms with Gasteiger partial charge in [0.15, 0.2) is 0 Å². The molecular weight excluding hydrogens is 316 g/mol. The van der Waals surface area contributed by atoms with Gasteiger partial charge in [0.05, 0.1) is 18.7 Å². The summed E-state index contributed by atoms with van der Waals surface area (Å²) in [5, 5.41) is 3.15. The Labute approximate surface area is 147 Å². The molecule has 5 heteroatoms. The zero-order valence-electron chi connectivity index (χ0n) is 15.1. The summed E-state index contributed by atoms with van der Waals surface area (Å²) in [5.41, 5.74) is 4.45. The van der Waals surface area contributed by atoms with Gasteiger partial charge in [0.25, 0.3) is 5.91 Å². The van der Waals surface area contributed by atoms with Crippen LogP contribution in [0.15, 0.2) is 24.3 Å². The molecule has 3 rings (SSSR count). The van der Waals surface area contributed by atoms with E-state index in [2.05, 4.69) is 34.6 Å². The minimum absolute atomic E-state index is 0.00215. The molecule has 1 amide bonds. The molecule has 1 aliphatic rings. The van der Waals surface area contributed by atoms with Crippen molar-refractivity contribution in [1.82, 2.24) is 10.3 Å². The van der Waals surface area contributed by atoms with Gasteiger partial charge >= 0.3 is 5.97 Å². The van der Waals surface area contributed by atoms with Crippen LogP contribution in [0.25, 0.3) is 0 Å². The monoisotopic (exact) mass is 340 g/mol. The van der Waals surface area contributed by atoms with Crippen LogP contribution in [0.5, 0.6) is 0 Å². The summed E-state index contributed by atoms with van der Waals surface area (Å²) in [6.45, 7) is 5.59. The maximum Gasteiger partial charge on any atom is 0.339 e. The Morgan fingerprint density at radius 2 is 1.80 bits per heavy atom. The second-order valence-electron chi connectivity index (χ2n) is 6.82. The standard InChI is InChI=1S/C20H24N2O3/c1-11-5-7-14(8-6-11)18(15-9-10-15)22-19(23)17-12(2)16(13(3)21-17)20(24)25-4/h5-8,15,18,21H,9-10H2,1-4H3,(H,22,23). The van der Waals surface area contributed by atoms with Crippen molar-refractivity contribution in [3.8, 4) is 0 Å². The number of H-pyrrole nitrogens is 1. The molecule has 1 aliphatic carbocycles. The smallest absolute Gasteiger partial charge is 0.339 e. The molecule has 1 fully saturated rings. The summed E-state index contributed by atoms with van der Waals surface area (Å²) in [5.74, 6) is -0.140. The number of nitrogens with one attached hydrogen (secondary N) is 2. The highest BCUT2D eigenvalue weighted by Gasteiger charge is 2.34. The quantitative estimate of drug-likeness (QED) is 0.817. The third-order valence-electron chi connectivity index (χ3n) is 4.87. The summed E-state index contributed by atoms with van der Waals surface area (Å²) in [6.07, 6.45) is 2.24. The summed E-state index contributed by atoms with van der Waals surface area (Å²) < 4.78 is 4.81. The van der Waals surface area contributed by atoms with Gasteiger partial charge in [-0.25, -0.2) is 4.79 Å². The first kappa shape index (κ1) is 17.3. The van der Waals surface area contributed by atoms with Crippen molar-refractivity contribution in [2.24, 2.45) is 5.92 Å². The molecule has 1 saturated carbocycles. The number of carbonyl (C=O) groups is 2. The summed E-state index contributed by atoms with van der Waals surface area (Å²) in [7, 11) is 1.34. The van der Waals surface area contributed by atoms with Crippen molar-refractivity contribution >= 4 is 11.9 Å². The average Bonchev–Trinajstić information content (AvgIpc) is 3.38. The van der Waals surface area contributed by atoms with E-state index in [4.69, 9.17) is 4.74 Å². The molecule has 5 nitrogen and oxygen atoms in total. The Hall–Kier alpha value is -2.56. The van der Waals surface area contributed by atoms with Crippen LogP contribution in [-0.2, 0) is 4.74 Å². The van der Waals surface area contributed by atoms with Gasteiger partial charge in [-0.05, 0) is 50.7 Å². The van der Waals surface area contributed by atoms with Crippen LogP contribution in [0.2, 0.25) is 0 Å². The molecule has 0 radical (unpaired) electrons. The number of ether oxygens (including phenoxy) is 1. The SMILES string of the molecule is COC(=O)c1c(C)[nH]c(C(=O)NC(c2ccc(C)cc2)C2CC2)c1C. The average molecular weight is 340 g/mol. The third-order valence-corrected chi connectivity index (χ3v) is 4.87. The zero-order chi connectivity index (χ0) is 18.1. The van der Waals surface area contributed by atoms with E-state index in [0.29, 0.717) is 28.4 Å². The van der Waals surface area contributed by atoms with Gasteiger partial charge in [-0.2, -0.15) is 0 Å². The van der Waals surface area contributed by atoms with Crippen LogP contribution in [0, 0.1) is 26.7 Å². The second-order valence-corrected chi connectivity index (χ2v) is 6.82. The van der Waals surface area contributed by atoms with Crippen molar-refractivity contribution < 1.29 is 14.3 Å². The van der Waals surface area contributed by atoms with Crippen LogP contribution >= 0.6 is 0 Å². The van der Waals surface area contributed by atoms with Gasteiger partial charge in [-0.1, -0.05) is 29.8 Å². The number of aromatic amines is 1. The van der Waals surface area contributed by atoms with E-state index in [0.717, 1.165) is 18.4 Å². The lowest BCUT2D eigenvalue weighted by atomic mass is 10.0. The highest BCUT2D eigenvalue weighted by molar-refractivity contribution is 6.00. The van der Waals surface area contributed by atoms with Crippen LogP contribution in [-0.4, -0.2) is 24.0 Å². The van der Waals surface area contributed by atoms with Gasteiger partial charge in [0.2, 0.25) is 0 Å². The van der Waals surface area contributed by atoms with Crippen LogP contribution in [0.1, 0.15) is 62.1 Å². The van der Waals surface area contributed by atoms with E-state index in [9.17, 15) is 9.59 Å². The first-order valence-corrected chi connectivity index (χ1v) is 8.57. The molecule has 0 bridgehead atoms. The Morgan fingerprint density at radius 1 is 1.16 bits per heavy atom. The van der Waals surface area contributed by atoms with Crippen molar-refractivity contribution in [1.29, 1.82) is 0 Å². The fraction of sp³-hybridized carbons (Fsp3) is 0.400. The number of aromatic nitrogens is 1. The normalized spacial score (nSPS) is 14.9. The Kier molecular flexibility index (Phi) is 4.66. The Morgan fingerprint density at radius 3 is 2.36 bits per heavy atom. The number of rotatable bonds is 5. The summed E-state index contributed by atoms with van der Waals surface area (Å²) >= 11 is 0. The van der Waals surface area contributed by atoms with Crippen molar-refractivity contribution in [3.05, 3.63) is 57.9 Å². The lowest BCUT2D eigenvalue weighted by molar-refractivity contribution is 0.0599. The highest BCUT2D eigenvalue weighted by atomic mass is 16.5. The fourth-order valence-corrected chi connectivity index (χ4v) is 3.28. The molecule has 1 aromatic heterocycles. The lowest BCUT2D eigenvalue weighted by Crippen LogP contribution is -2.30. The molecule has 1 aromatic carbocycles. The van der Waals surface area contributed by atoms with Gasteiger partial charge in [0.1, 0.15) is 5.69 Å². The molecule has 1 unspecified atom stereocenters. The first-order chi connectivity index (χ1) is 11.9. The van der Waals surface area contributed by atoms with E-state index in [1.807, 2.05) is 6.92 Å². The highest BCUT2D eigenvalue weighted by Crippen LogP contribution is 2.41. The Balaban J connectivity index is 1.85. The number of amides is 1. The van der Waals surface area contributed by atoms with E-state index < -0.39 is 5.97 Å². The van der Waals surface area contributed by atoms with E-state index in [1.165, 1.54) is 12.7 Å². The van der Waals surface area contributed by atoms with Crippen LogP contribution in [0.3, 0.4) is 0 Å². The molecule has 132 valence electrons. The van der Waals surface area contributed by atoms with Gasteiger partial charge in [-0.15, -0.1) is 0 Å². The number of esters is 1. The van der Waals surface area contributed by atoms with Gasteiger partial charge in [0, 0.05) is 5.69 Å². The molecule has 0 spiro atoms. The summed E-state index contributed by atoms with van der Waals surface area (Å²) in [4.78, 5) is 27.8. The number of benzene rings is 1. The van der Waals surface area contributed by atoms with Crippen molar-refractivity contribution in [3.63, 3.8) is 0 Å². The largest absolute Gasteiger partial charge is 0.465 e. The van der Waals surface area contributed by atoms with E-state index >= 15 is 0 Å². The predicted octanol–water partition coefficient (Wildman–Crippen LogP) is 3.61. The van der Waals surface area contributed by atoms with Gasteiger partial charge < -0.3 is 15.0 Å². The minimum atomic E-state index is -0.428. The topological polar surface area (TPSA) is 71.2 Å². The van der Waals surface area contributed by atoms with E-state index in [1.54, 1.807) is 13.8 Å². The predicted molar refractivity (Wildman–Crippen MR) is 95.7 cm³/mol. The minimum Gasteiger partial charge on any atom is -0.465 e. The van der Waals surface area contributed by atoms with Crippen molar-refractivity contribution in [2.75, 3.05) is 7.11 Å². The molecule has 0 saturated heterocycles. The van der Waals surface area contributed by atoms with Crippen LogP contribution < -0.4 is 5.32 Å². The Bertz CT molecular complexity index is 801. The molecule has 1 atom stereocenters. The number of hydrogen-bond acceptors (Lipinski definition) is 3. The second kappa shape index (κ2) is 6.75. The lowest BCUT2D eigenvalue weighted by Gasteiger charge is -2.19. The van der Waals surface area contributed by atoms with Crippen LogP contribution in [0.4, 0.5) is 0 Å². The van der Waals surface area contributed by atoms with Crippen molar-refractivity contribution in [2.45, 2.75) is 39.7 Å². The van der Waals surface area contributed by atoms with E-state index in [-0.39, 0.29) is 11.9 Å². The zero-order valence-corrected chi connectivity index (χ0v) is 15.1. The number of hydrogen-bond donors (Lipinski definition) is 2.